The van der Waals surface area contributed by atoms with E-state index in [4.69, 9.17) is 0 Å². The number of nitrogens with one attached hydrogen (secondary N) is 1. The second kappa shape index (κ2) is 13.2. The zero-order chi connectivity index (χ0) is 27.0. The van der Waals surface area contributed by atoms with Gasteiger partial charge in [-0.1, -0.05) is 53.5 Å². The molecule has 0 spiro atoms. The number of rotatable bonds is 12. The van der Waals surface area contributed by atoms with Crippen LogP contribution in [-0.4, -0.2) is 62.7 Å². The maximum Gasteiger partial charge on any atom is 0.304 e. The molecule has 2 amide bonds. The lowest BCUT2D eigenvalue weighted by Gasteiger charge is -2.33. The van der Waals surface area contributed by atoms with E-state index in [1.54, 1.807) is 19.9 Å². The van der Waals surface area contributed by atoms with E-state index in [2.05, 4.69) is 21.2 Å². The number of amides is 2. The summed E-state index contributed by atoms with van der Waals surface area (Å²) in [5, 5.41) is 2.88. The standard InChI is InChI=1S/C26H37BrN4O4S/c1-7-8-14-28-26(33)21(4)30(17-22-10-9-11-23(27)16-22)25(32)18-31(36(34,35)29(5)6)24-15-19(2)12-13-20(24)3/h9-13,15-16,21H,7-8,14,17-18H2,1-6H3,(H,28,33)/t21-/m1/s1. The highest BCUT2D eigenvalue weighted by Crippen LogP contribution is 2.26. The molecule has 0 unspecified atom stereocenters. The topological polar surface area (TPSA) is 90.0 Å². The van der Waals surface area contributed by atoms with Gasteiger partial charge in [0.05, 0.1) is 5.69 Å². The number of carbonyl (C=O) groups excluding carboxylic acids is 2. The number of unbranched alkanes of at least 4 members (excludes halogenated alkanes) is 1. The van der Waals surface area contributed by atoms with E-state index in [0.717, 1.165) is 42.6 Å². The quantitative estimate of drug-likeness (QED) is 0.384. The fraction of sp³-hybridized carbons (Fsp3) is 0.462. The highest BCUT2D eigenvalue weighted by molar-refractivity contribution is 9.10. The summed E-state index contributed by atoms with van der Waals surface area (Å²) in [6, 6.07) is 12.2. The molecule has 0 aliphatic heterocycles. The highest BCUT2D eigenvalue weighted by Gasteiger charge is 2.33. The van der Waals surface area contributed by atoms with Crippen LogP contribution >= 0.6 is 15.9 Å². The van der Waals surface area contributed by atoms with Crippen LogP contribution in [0.2, 0.25) is 0 Å². The Hall–Kier alpha value is -2.43. The molecule has 0 heterocycles. The summed E-state index contributed by atoms with van der Waals surface area (Å²) in [6.07, 6.45) is 1.77. The number of hydrogen-bond donors (Lipinski definition) is 1. The maximum atomic E-state index is 13.8. The van der Waals surface area contributed by atoms with E-state index in [-0.39, 0.29) is 12.5 Å². The van der Waals surface area contributed by atoms with E-state index in [1.165, 1.54) is 19.0 Å². The fourth-order valence-electron chi connectivity index (χ4n) is 3.64. The van der Waals surface area contributed by atoms with Gasteiger partial charge in [0.15, 0.2) is 0 Å². The van der Waals surface area contributed by atoms with Crippen molar-refractivity contribution in [1.82, 2.24) is 14.5 Å². The molecule has 8 nitrogen and oxygen atoms in total. The van der Waals surface area contributed by atoms with Crippen molar-refractivity contribution in [2.75, 3.05) is 31.5 Å². The molecule has 0 aliphatic rings. The van der Waals surface area contributed by atoms with Gasteiger partial charge in [0.2, 0.25) is 11.8 Å². The molecule has 1 atom stereocenters. The normalized spacial score (nSPS) is 12.3. The van der Waals surface area contributed by atoms with Crippen molar-refractivity contribution in [1.29, 1.82) is 0 Å². The number of anilines is 1. The monoisotopic (exact) mass is 580 g/mol. The fourth-order valence-corrected chi connectivity index (χ4v) is 5.20. The highest BCUT2D eigenvalue weighted by atomic mass is 79.9. The lowest BCUT2D eigenvalue weighted by Crippen LogP contribution is -2.52. The predicted molar refractivity (Wildman–Crippen MR) is 148 cm³/mol. The van der Waals surface area contributed by atoms with Gasteiger partial charge in [-0.05, 0) is 62.1 Å². The minimum absolute atomic E-state index is 0.156. The zero-order valence-electron chi connectivity index (χ0n) is 21.9. The van der Waals surface area contributed by atoms with Crippen molar-refractivity contribution in [2.45, 2.75) is 53.1 Å². The number of hydrogen-bond acceptors (Lipinski definition) is 4. The van der Waals surface area contributed by atoms with Crippen molar-refractivity contribution in [3.05, 3.63) is 63.6 Å². The van der Waals surface area contributed by atoms with E-state index in [0.29, 0.717) is 12.2 Å². The summed E-state index contributed by atoms with van der Waals surface area (Å²) in [4.78, 5) is 28.1. The average molecular weight is 582 g/mol. The van der Waals surface area contributed by atoms with E-state index < -0.39 is 28.7 Å². The van der Waals surface area contributed by atoms with Crippen LogP contribution in [0.15, 0.2) is 46.9 Å². The average Bonchev–Trinajstić information content (AvgIpc) is 2.82. The van der Waals surface area contributed by atoms with Crippen molar-refractivity contribution in [3.63, 3.8) is 0 Å². The van der Waals surface area contributed by atoms with Crippen LogP contribution < -0.4 is 9.62 Å². The summed E-state index contributed by atoms with van der Waals surface area (Å²) in [6.45, 7) is 7.61. The molecule has 198 valence electrons. The van der Waals surface area contributed by atoms with Crippen LogP contribution in [0.3, 0.4) is 0 Å². The van der Waals surface area contributed by atoms with Crippen LogP contribution in [0, 0.1) is 13.8 Å². The molecule has 2 aromatic carbocycles. The second-order valence-electron chi connectivity index (χ2n) is 9.06. The Morgan fingerprint density at radius 2 is 1.78 bits per heavy atom. The molecule has 0 fully saturated rings. The van der Waals surface area contributed by atoms with E-state index >= 15 is 0 Å². The molecule has 0 radical (unpaired) electrons. The van der Waals surface area contributed by atoms with E-state index in [9.17, 15) is 18.0 Å². The first kappa shape index (κ1) is 29.8. The van der Waals surface area contributed by atoms with Crippen molar-refractivity contribution >= 4 is 43.6 Å². The number of benzene rings is 2. The molecule has 2 aromatic rings. The smallest absolute Gasteiger partial charge is 0.304 e. The number of nitrogens with zero attached hydrogens (tertiary/aromatic N) is 3. The number of carbonyl (C=O) groups is 2. The molecule has 2 rings (SSSR count). The van der Waals surface area contributed by atoms with Gasteiger partial charge in [-0.2, -0.15) is 12.7 Å². The van der Waals surface area contributed by atoms with Gasteiger partial charge in [-0.25, -0.2) is 4.31 Å². The maximum absolute atomic E-state index is 13.8. The molecule has 36 heavy (non-hydrogen) atoms. The Bertz CT molecular complexity index is 1170. The number of aryl methyl sites for hydroxylation is 2. The predicted octanol–water partition coefficient (Wildman–Crippen LogP) is 4.01. The van der Waals surface area contributed by atoms with Crippen LogP contribution in [0.4, 0.5) is 5.69 Å². The molecular formula is C26H37BrN4O4S. The first-order valence-electron chi connectivity index (χ1n) is 12.0. The largest absolute Gasteiger partial charge is 0.354 e. The van der Waals surface area contributed by atoms with Crippen LogP contribution in [-0.2, 0) is 26.3 Å². The van der Waals surface area contributed by atoms with Crippen molar-refractivity contribution < 1.29 is 18.0 Å². The van der Waals surface area contributed by atoms with Crippen LogP contribution in [0.5, 0.6) is 0 Å². The van der Waals surface area contributed by atoms with Gasteiger partial charge in [-0.15, -0.1) is 0 Å². The minimum Gasteiger partial charge on any atom is -0.354 e. The summed E-state index contributed by atoms with van der Waals surface area (Å²) in [7, 11) is -1.13. The first-order valence-corrected chi connectivity index (χ1v) is 14.2. The van der Waals surface area contributed by atoms with Gasteiger partial charge in [0.1, 0.15) is 12.6 Å². The zero-order valence-corrected chi connectivity index (χ0v) is 24.3. The van der Waals surface area contributed by atoms with Crippen LogP contribution in [0.1, 0.15) is 43.4 Å². The summed E-state index contributed by atoms with van der Waals surface area (Å²) in [5.41, 5.74) is 2.85. The van der Waals surface area contributed by atoms with Gasteiger partial charge < -0.3 is 10.2 Å². The lowest BCUT2D eigenvalue weighted by atomic mass is 10.1. The minimum atomic E-state index is -3.99. The lowest BCUT2D eigenvalue weighted by molar-refractivity contribution is -0.139. The molecular weight excluding hydrogens is 544 g/mol. The Balaban J connectivity index is 2.47. The Kier molecular flexibility index (Phi) is 10.9. The van der Waals surface area contributed by atoms with Gasteiger partial charge in [0, 0.05) is 31.7 Å². The summed E-state index contributed by atoms with van der Waals surface area (Å²) >= 11 is 3.45. The molecule has 0 aromatic heterocycles. The van der Waals surface area contributed by atoms with Gasteiger partial charge in [0.25, 0.3) is 0 Å². The van der Waals surface area contributed by atoms with Crippen molar-refractivity contribution in [3.8, 4) is 0 Å². The first-order chi connectivity index (χ1) is 16.9. The Morgan fingerprint density at radius 3 is 2.39 bits per heavy atom. The molecule has 0 bridgehead atoms. The van der Waals surface area contributed by atoms with E-state index in [1.807, 2.05) is 50.2 Å². The molecule has 10 heteroatoms. The summed E-state index contributed by atoms with van der Waals surface area (Å²) in [5.74, 6) is -0.750. The third-order valence-corrected chi connectivity index (χ3v) is 8.19. The van der Waals surface area contributed by atoms with Crippen molar-refractivity contribution in [2.24, 2.45) is 0 Å². The molecule has 0 aliphatic carbocycles. The SMILES string of the molecule is CCCCNC(=O)[C@@H](C)N(Cc1cccc(Br)c1)C(=O)CN(c1cc(C)ccc1C)S(=O)(=O)N(C)C. The third-order valence-electron chi connectivity index (χ3n) is 5.89. The third kappa shape index (κ3) is 7.78. The Morgan fingerprint density at radius 1 is 1.08 bits per heavy atom. The second-order valence-corrected chi connectivity index (χ2v) is 12.0. The molecule has 0 saturated heterocycles. The van der Waals surface area contributed by atoms with Crippen LogP contribution in [0.25, 0.3) is 0 Å². The number of halogens is 1. The molecule has 1 N–H and O–H groups in total. The van der Waals surface area contributed by atoms with Gasteiger partial charge in [-0.3, -0.25) is 9.59 Å². The Labute approximate surface area is 224 Å². The van der Waals surface area contributed by atoms with Gasteiger partial charge >= 0.3 is 10.2 Å². The summed E-state index contributed by atoms with van der Waals surface area (Å²) < 4.78 is 29.7. The molecule has 0 saturated carbocycles.